The largest absolute Gasteiger partial charge is 0.371 e. The summed E-state index contributed by atoms with van der Waals surface area (Å²) >= 11 is 0. The maximum absolute atomic E-state index is 12.1. The molecular formula is C19H21N2O+. The first-order chi connectivity index (χ1) is 10.7. The summed E-state index contributed by atoms with van der Waals surface area (Å²) in [5.74, 6) is 0.0242. The number of ketones is 1. The average molecular weight is 293 g/mol. The number of benzene rings is 1. The first kappa shape index (κ1) is 14.5. The fourth-order valence-electron chi connectivity index (χ4n) is 2.68. The van der Waals surface area contributed by atoms with Gasteiger partial charge in [-0.1, -0.05) is 29.8 Å². The molecule has 3 nitrogen and oxygen atoms in total. The maximum Gasteiger partial charge on any atom is 0.191 e. The zero-order valence-corrected chi connectivity index (χ0v) is 12.9. The van der Waals surface area contributed by atoms with Crippen LogP contribution in [0.25, 0.3) is 6.20 Å². The van der Waals surface area contributed by atoms with Crippen molar-refractivity contribution in [3.05, 3.63) is 66.0 Å². The van der Waals surface area contributed by atoms with Gasteiger partial charge in [0.25, 0.3) is 0 Å². The minimum atomic E-state index is 0.0242. The van der Waals surface area contributed by atoms with E-state index in [0.29, 0.717) is 0 Å². The molecule has 1 fully saturated rings. The van der Waals surface area contributed by atoms with Gasteiger partial charge in [0, 0.05) is 36.5 Å². The summed E-state index contributed by atoms with van der Waals surface area (Å²) in [6.07, 6.45) is 9.95. The molecule has 1 aliphatic heterocycles. The standard InChI is InChI=1S/C19H21N2O/c1-16-4-6-17(7-5-16)19(22)10-15-20-13-8-18(9-14-20)21-11-2-3-12-21/h4-10,13-15H,2-3,11-12H2,1H3/q+1. The van der Waals surface area contributed by atoms with Crippen LogP contribution in [0.5, 0.6) is 0 Å². The molecule has 0 unspecified atom stereocenters. The average Bonchev–Trinajstić information content (AvgIpc) is 3.08. The SMILES string of the molecule is Cc1ccc(C(=O)C=C[n+]2ccc(N3CCCC3)cc2)cc1. The second-order valence-corrected chi connectivity index (χ2v) is 5.74. The molecule has 0 spiro atoms. The fraction of sp³-hybridized carbons (Fsp3) is 0.263. The lowest BCUT2D eigenvalue weighted by Gasteiger charge is -2.15. The number of hydrogen-bond acceptors (Lipinski definition) is 2. The molecule has 0 aliphatic carbocycles. The lowest BCUT2D eigenvalue weighted by molar-refractivity contribution is -0.568. The van der Waals surface area contributed by atoms with Crippen molar-refractivity contribution in [3.63, 3.8) is 0 Å². The number of rotatable bonds is 4. The zero-order valence-electron chi connectivity index (χ0n) is 12.9. The Bertz CT molecular complexity index is 666. The number of carbonyl (C=O) groups is 1. The Morgan fingerprint density at radius 3 is 2.32 bits per heavy atom. The van der Waals surface area contributed by atoms with Crippen molar-refractivity contribution in [1.29, 1.82) is 0 Å². The van der Waals surface area contributed by atoms with E-state index in [-0.39, 0.29) is 5.78 Å². The van der Waals surface area contributed by atoms with E-state index in [9.17, 15) is 4.79 Å². The van der Waals surface area contributed by atoms with Gasteiger partial charge in [-0.3, -0.25) is 4.79 Å². The number of aromatic nitrogens is 1. The summed E-state index contributed by atoms with van der Waals surface area (Å²) in [6.45, 7) is 4.30. The molecule has 2 aromatic rings. The molecule has 0 N–H and O–H groups in total. The second-order valence-electron chi connectivity index (χ2n) is 5.74. The molecule has 1 aliphatic rings. The highest BCUT2D eigenvalue weighted by atomic mass is 16.1. The second kappa shape index (κ2) is 6.56. The van der Waals surface area contributed by atoms with Crippen molar-refractivity contribution in [2.45, 2.75) is 19.8 Å². The van der Waals surface area contributed by atoms with Gasteiger partial charge in [-0.25, -0.2) is 0 Å². The molecule has 2 heterocycles. The number of nitrogens with zero attached hydrogens (tertiary/aromatic N) is 2. The van der Waals surface area contributed by atoms with Gasteiger partial charge in [0.2, 0.25) is 0 Å². The Morgan fingerprint density at radius 1 is 1.05 bits per heavy atom. The van der Waals surface area contributed by atoms with Crippen LogP contribution >= 0.6 is 0 Å². The molecule has 1 saturated heterocycles. The summed E-state index contributed by atoms with van der Waals surface area (Å²) in [5.41, 5.74) is 3.13. The van der Waals surface area contributed by atoms with Gasteiger partial charge in [0.1, 0.15) is 0 Å². The van der Waals surface area contributed by atoms with Gasteiger partial charge >= 0.3 is 0 Å². The molecule has 3 rings (SSSR count). The van der Waals surface area contributed by atoms with Crippen LogP contribution in [0.15, 0.2) is 54.9 Å². The highest BCUT2D eigenvalue weighted by Crippen LogP contribution is 2.17. The molecule has 3 heteroatoms. The van der Waals surface area contributed by atoms with Gasteiger partial charge in [-0.15, -0.1) is 0 Å². The molecule has 1 aromatic carbocycles. The van der Waals surface area contributed by atoms with E-state index in [1.807, 2.05) is 48.1 Å². The van der Waals surface area contributed by atoms with Gasteiger partial charge < -0.3 is 4.90 Å². The van der Waals surface area contributed by atoms with Crippen LogP contribution in [0.1, 0.15) is 28.8 Å². The van der Waals surface area contributed by atoms with E-state index in [1.165, 1.54) is 18.5 Å². The van der Waals surface area contributed by atoms with Crippen LogP contribution in [-0.2, 0) is 0 Å². The molecular weight excluding hydrogens is 272 g/mol. The summed E-state index contributed by atoms with van der Waals surface area (Å²) in [6, 6.07) is 11.8. The third-order valence-corrected chi connectivity index (χ3v) is 4.04. The zero-order chi connectivity index (χ0) is 15.4. The summed E-state index contributed by atoms with van der Waals surface area (Å²) in [7, 11) is 0. The predicted octanol–water partition coefficient (Wildman–Crippen LogP) is 3.24. The van der Waals surface area contributed by atoms with E-state index in [4.69, 9.17) is 0 Å². The van der Waals surface area contributed by atoms with Gasteiger partial charge in [0.05, 0.1) is 6.08 Å². The molecule has 22 heavy (non-hydrogen) atoms. The normalized spacial score (nSPS) is 14.7. The number of hydrogen-bond donors (Lipinski definition) is 0. The van der Waals surface area contributed by atoms with Crippen molar-refractivity contribution in [2.75, 3.05) is 18.0 Å². The van der Waals surface area contributed by atoms with E-state index in [1.54, 1.807) is 12.3 Å². The molecule has 0 atom stereocenters. The number of aryl methyl sites for hydroxylation is 1. The Morgan fingerprint density at radius 2 is 1.68 bits per heavy atom. The Labute approximate surface area is 131 Å². The van der Waals surface area contributed by atoms with Gasteiger partial charge in [-0.2, -0.15) is 4.57 Å². The minimum Gasteiger partial charge on any atom is -0.371 e. The topological polar surface area (TPSA) is 24.2 Å². The predicted molar refractivity (Wildman–Crippen MR) is 88.9 cm³/mol. The van der Waals surface area contributed by atoms with Crippen LogP contribution in [0, 0.1) is 6.92 Å². The maximum atomic E-state index is 12.1. The lowest BCUT2D eigenvalue weighted by Crippen LogP contribution is -2.26. The van der Waals surface area contributed by atoms with Crippen molar-refractivity contribution < 1.29 is 9.36 Å². The first-order valence-corrected chi connectivity index (χ1v) is 7.77. The molecule has 0 radical (unpaired) electrons. The lowest BCUT2D eigenvalue weighted by atomic mass is 10.1. The van der Waals surface area contributed by atoms with Crippen molar-refractivity contribution in [3.8, 4) is 0 Å². The number of anilines is 1. The molecule has 1 aromatic heterocycles. The summed E-state index contributed by atoms with van der Waals surface area (Å²) in [4.78, 5) is 14.5. The summed E-state index contributed by atoms with van der Waals surface area (Å²) in [5, 5.41) is 0. The highest BCUT2D eigenvalue weighted by molar-refractivity contribution is 6.05. The third kappa shape index (κ3) is 3.42. The molecule has 112 valence electrons. The molecule has 0 saturated carbocycles. The number of allylic oxidation sites excluding steroid dienone is 1. The third-order valence-electron chi connectivity index (χ3n) is 4.04. The summed E-state index contributed by atoms with van der Waals surface area (Å²) < 4.78 is 1.91. The van der Waals surface area contributed by atoms with Crippen LogP contribution in [-0.4, -0.2) is 18.9 Å². The van der Waals surface area contributed by atoms with E-state index in [0.717, 1.165) is 24.2 Å². The Hall–Kier alpha value is -2.42. The van der Waals surface area contributed by atoms with E-state index >= 15 is 0 Å². The number of carbonyl (C=O) groups excluding carboxylic acids is 1. The highest BCUT2D eigenvalue weighted by Gasteiger charge is 2.13. The molecule has 0 bridgehead atoms. The minimum absolute atomic E-state index is 0.0242. The van der Waals surface area contributed by atoms with Gasteiger partial charge in [0.15, 0.2) is 24.4 Å². The van der Waals surface area contributed by atoms with Crippen molar-refractivity contribution in [2.24, 2.45) is 0 Å². The van der Waals surface area contributed by atoms with E-state index < -0.39 is 0 Å². The fourth-order valence-corrected chi connectivity index (χ4v) is 2.68. The quantitative estimate of drug-likeness (QED) is 0.491. The number of pyridine rings is 1. The van der Waals surface area contributed by atoms with Crippen molar-refractivity contribution >= 4 is 17.7 Å². The first-order valence-electron chi connectivity index (χ1n) is 7.77. The Balaban J connectivity index is 1.67. The van der Waals surface area contributed by atoms with Crippen LogP contribution in [0.3, 0.4) is 0 Å². The van der Waals surface area contributed by atoms with Crippen molar-refractivity contribution in [1.82, 2.24) is 0 Å². The van der Waals surface area contributed by atoms with Crippen LogP contribution < -0.4 is 9.47 Å². The van der Waals surface area contributed by atoms with Gasteiger partial charge in [-0.05, 0) is 19.8 Å². The monoisotopic (exact) mass is 293 g/mol. The van der Waals surface area contributed by atoms with E-state index in [2.05, 4.69) is 17.0 Å². The Kier molecular flexibility index (Phi) is 4.33. The molecule has 0 amide bonds. The van der Waals surface area contributed by atoms with Crippen LogP contribution in [0.4, 0.5) is 5.69 Å². The smallest absolute Gasteiger partial charge is 0.191 e. The van der Waals surface area contributed by atoms with Crippen LogP contribution in [0.2, 0.25) is 0 Å².